The summed E-state index contributed by atoms with van der Waals surface area (Å²) in [4.78, 5) is 8.24. The molecule has 0 aliphatic carbocycles. The van der Waals surface area contributed by atoms with Crippen molar-refractivity contribution in [1.82, 2.24) is 9.97 Å². The van der Waals surface area contributed by atoms with Crippen LogP contribution in [0.4, 0.5) is 5.69 Å². The van der Waals surface area contributed by atoms with E-state index in [0.717, 1.165) is 22.9 Å². The van der Waals surface area contributed by atoms with Crippen LogP contribution >= 0.6 is 0 Å². The summed E-state index contributed by atoms with van der Waals surface area (Å²) < 4.78 is 11.3. The maximum absolute atomic E-state index is 5.70. The Bertz CT molecular complexity index is 584. The second kappa shape index (κ2) is 4.42. The van der Waals surface area contributed by atoms with E-state index in [1.54, 1.807) is 18.6 Å². The van der Waals surface area contributed by atoms with Gasteiger partial charge in [0.15, 0.2) is 11.5 Å². The fourth-order valence-corrected chi connectivity index (χ4v) is 1.95. The summed E-state index contributed by atoms with van der Waals surface area (Å²) in [5.74, 6) is 0.940. The summed E-state index contributed by atoms with van der Waals surface area (Å²) in [6, 6.07) is 5.80. The van der Waals surface area contributed by atoms with E-state index in [0.29, 0.717) is 6.54 Å². The molecule has 0 amide bonds. The van der Waals surface area contributed by atoms with Crippen LogP contribution in [-0.2, 0) is 6.54 Å². The van der Waals surface area contributed by atoms with Gasteiger partial charge in [-0.15, -0.1) is 0 Å². The molecule has 19 heavy (non-hydrogen) atoms. The third kappa shape index (κ3) is 2.59. The molecule has 5 heteroatoms. The number of hydrogen-bond acceptors (Lipinski definition) is 5. The summed E-state index contributed by atoms with van der Waals surface area (Å²) in [6.45, 7) is 4.40. The maximum Gasteiger partial charge on any atom is 0.246 e. The lowest BCUT2D eigenvalue weighted by Crippen LogP contribution is -2.29. The molecule has 98 valence electrons. The molecule has 0 saturated heterocycles. The fraction of sp³-hybridized carbons (Fsp3) is 0.286. The molecule has 1 aliphatic rings. The smallest absolute Gasteiger partial charge is 0.246 e. The number of aromatic nitrogens is 2. The predicted octanol–water partition coefficient (Wildman–Crippen LogP) is 2.60. The molecule has 0 atom stereocenters. The second-order valence-corrected chi connectivity index (χ2v) is 4.82. The highest BCUT2D eigenvalue weighted by atomic mass is 16.7. The highest BCUT2D eigenvalue weighted by molar-refractivity contribution is 5.56. The van der Waals surface area contributed by atoms with E-state index in [9.17, 15) is 0 Å². The standard InChI is InChI=1S/C14H15N3O2/c1-14(2)18-12-4-3-10(7-13(12)19-14)17-9-11-8-15-5-6-16-11/h3-8,17H,9H2,1-2H3. The number of nitrogens with one attached hydrogen (secondary N) is 1. The first-order chi connectivity index (χ1) is 9.12. The van der Waals surface area contributed by atoms with Gasteiger partial charge in [0.05, 0.1) is 18.4 Å². The molecular formula is C14H15N3O2. The van der Waals surface area contributed by atoms with Crippen molar-refractivity contribution in [3.8, 4) is 11.5 Å². The van der Waals surface area contributed by atoms with Gasteiger partial charge in [-0.05, 0) is 12.1 Å². The van der Waals surface area contributed by atoms with Crippen LogP contribution in [0.15, 0.2) is 36.8 Å². The first-order valence-corrected chi connectivity index (χ1v) is 6.13. The van der Waals surface area contributed by atoms with Crippen molar-refractivity contribution in [1.29, 1.82) is 0 Å². The zero-order valence-electron chi connectivity index (χ0n) is 10.9. The van der Waals surface area contributed by atoms with Gasteiger partial charge in [-0.3, -0.25) is 9.97 Å². The van der Waals surface area contributed by atoms with Crippen LogP contribution in [0.1, 0.15) is 19.5 Å². The molecular weight excluding hydrogens is 242 g/mol. The number of benzene rings is 1. The Labute approximate surface area is 111 Å². The van der Waals surface area contributed by atoms with Crippen molar-refractivity contribution in [3.05, 3.63) is 42.5 Å². The van der Waals surface area contributed by atoms with Crippen molar-refractivity contribution in [2.24, 2.45) is 0 Å². The summed E-state index contributed by atoms with van der Waals surface area (Å²) in [7, 11) is 0. The van der Waals surface area contributed by atoms with Crippen molar-refractivity contribution >= 4 is 5.69 Å². The monoisotopic (exact) mass is 257 g/mol. The SMILES string of the molecule is CC1(C)Oc2ccc(NCc3cnccn3)cc2O1. The molecule has 0 fully saturated rings. The number of nitrogens with zero attached hydrogens (tertiary/aromatic N) is 2. The number of anilines is 1. The van der Waals surface area contributed by atoms with Gasteiger partial charge >= 0.3 is 0 Å². The third-order valence-electron chi connectivity index (χ3n) is 2.75. The minimum absolute atomic E-state index is 0.591. The van der Waals surface area contributed by atoms with Crippen LogP contribution in [0.2, 0.25) is 0 Å². The zero-order valence-corrected chi connectivity index (χ0v) is 10.9. The van der Waals surface area contributed by atoms with Crippen LogP contribution in [-0.4, -0.2) is 15.8 Å². The molecule has 1 N–H and O–H groups in total. The van der Waals surface area contributed by atoms with Gasteiger partial charge in [0.1, 0.15) is 0 Å². The average Bonchev–Trinajstić information content (AvgIpc) is 2.70. The summed E-state index contributed by atoms with van der Waals surface area (Å²) in [5, 5.41) is 3.28. The molecule has 0 bridgehead atoms. The Morgan fingerprint density at radius 2 is 2.00 bits per heavy atom. The van der Waals surface area contributed by atoms with Gasteiger partial charge in [0, 0.05) is 38.0 Å². The molecule has 0 radical (unpaired) electrons. The van der Waals surface area contributed by atoms with E-state index in [-0.39, 0.29) is 0 Å². The lowest BCUT2D eigenvalue weighted by molar-refractivity contribution is -0.0431. The quantitative estimate of drug-likeness (QED) is 0.916. The Balaban J connectivity index is 1.71. The van der Waals surface area contributed by atoms with E-state index in [1.807, 2.05) is 32.0 Å². The highest BCUT2D eigenvalue weighted by Crippen LogP contribution is 2.40. The molecule has 1 aromatic heterocycles. The van der Waals surface area contributed by atoms with Gasteiger partial charge in [-0.25, -0.2) is 0 Å². The topological polar surface area (TPSA) is 56.3 Å². The van der Waals surface area contributed by atoms with E-state index in [1.165, 1.54) is 0 Å². The molecule has 1 aromatic carbocycles. The number of fused-ring (bicyclic) bond motifs is 1. The third-order valence-corrected chi connectivity index (χ3v) is 2.75. The maximum atomic E-state index is 5.70. The lowest BCUT2D eigenvalue weighted by Gasteiger charge is -2.16. The van der Waals surface area contributed by atoms with Gasteiger partial charge in [-0.1, -0.05) is 0 Å². The van der Waals surface area contributed by atoms with Gasteiger partial charge < -0.3 is 14.8 Å². The summed E-state index contributed by atoms with van der Waals surface area (Å²) >= 11 is 0. The summed E-state index contributed by atoms with van der Waals surface area (Å²) in [5.41, 5.74) is 1.85. The van der Waals surface area contributed by atoms with Crippen molar-refractivity contribution < 1.29 is 9.47 Å². The number of ether oxygens (including phenoxy) is 2. The van der Waals surface area contributed by atoms with Crippen LogP contribution in [0.25, 0.3) is 0 Å². The van der Waals surface area contributed by atoms with Crippen LogP contribution in [0, 0.1) is 0 Å². The highest BCUT2D eigenvalue weighted by Gasteiger charge is 2.31. The molecule has 5 nitrogen and oxygen atoms in total. The minimum Gasteiger partial charge on any atom is -0.449 e. The number of rotatable bonds is 3. The van der Waals surface area contributed by atoms with Crippen molar-refractivity contribution in [3.63, 3.8) is 0 Å². The van der Waals surface area contributed by atoms with Crippen LogP contribution in [0.3, 0.4) is 0 Å². The van der Waals surface area contributed by atoms with Gasteiger partial charge in [0.2, 0.25) is 5.79 Å². The first kappa shape index (κ1) is 11.8. The zero-order chi connectivity index (χ0) is 13.3. The summed E-state index contributed by atoms with van der Waals surface area (Å²) in [6.07, 6.45) is 5.08. The molecule has 1 aliphatic heterocycles. The van der Waals surface area contributed by atoms with Crippen LogP contribution in [0.5, 0.6) is 11.5 Å². The van der Waals surface area contributed by atoms with E-state index in [2.05, 4.69) is 15.3 Å². The number of hydrogen-bond donors (Lipinski definition) is 1. The molecule has 0 spiro atoms. The fourth-order valence-electron chi connectivity index (χ4n) is 1.95. The average molecular weight is 257 g/mol. The van der Waals surface area contributed by atoms with Gasteiger partial charge in [0.25, 0.3) is 0 Å². The Kier molecular flexibility index (Phi) is 2.74. The minimum atomic E-state index is -0.591. The molecule has 2 heterocycles. The normalized spacial score (nSPS) is 15.3. The Morgan fingerprint density at radius 3 is 2.79 bits per heavy atom. The molecule has 0 unspecified atom stereocenters. The van der Waals surface area contributed by atoms with E-state index < -0.39 is 5.79 Å². The first-order valence-electron chi connectivity index (χ1n) is 6.13. The molecule has 3 rings (SSSR count). The van der Waals surface area contributed by atoms with Gasteiger partial charge in [-0.2, -0.15) is 0 Å². The Morgan fingerprint density at radius 1 is 1.16 bits per heavy atom. The Hall–Kier alpha value is -2.30. The predicted molar refractivity (Wildman–Crippen MR) is 71.1 cm³/mol. The van der Waals surface area contributed by atoms with Crippen molar-refractivity contribution in [2.75, 3.05) is 5.32 Å². The van der Waals surface area contributed by atoms with E-state index >= 15 is 0 Å². The largest absolute Gasteiger partial charge is 0.449 e. The van der Waals surface area contributed by atoms with Crippen LogP contribution < -0.4 is 14.8 Å². The molecule has 2 aromatic rings. The second-order valence-electron chi connectivity index (χ2n) is 4.82. The van der Waals surface area contributed by atoms with Crippen molar-refractivity contribution in [2.45, 2.75) is 26.2 Å². The lowest BCUT2D eigenvalue weighted by atomic mass is 10.2. The molecule has 0 saturated carbocycles. The van der Waals surface area contributed by atoms with E-state index in [4.69, 9.17) is 9.47 Å².